The number of fused-ring (bicyclic) bond motifs is 2. The summed E-state index contributed by atoms with van der Waals surface area (Å²) >= 11 is 0. The first-order valence-electron chi connectivity index (χ1n) is 10.7. The van der Waals surface area contributed by atoms with Crippen LogP contribution in [0, 0.1) is 11.6 Å². The highest BCUT2D eigenvalue weighted by Gasteiger charge is 2.29. The average molecular weight is 436 g/mol. The maximum atomic E-state index is 13.7. The van der Waals surface area contributed by atoms with Crippen molar-refractivity contribution in [1.29, 1.82) is 0 Å². The second-order valence-electron chi connectivity index (χ2n) is 7.99. The lowest BCUT2D eigenvalue weighted by Crippen LogP contribution is -3.00. The fraction of sp³-hybridized carbons (Fsp3) is 0.458. The lowest BCUT2D eigenvalue weighted by atomic mass is 9.91. The van der Waals surface area contributed by atoms with Gasteiger partial charge in [0, 0.05) is 29.5 Å². The molecule has 30 heavy (non-hydrogen) atoms. The molecule has 2 aliphatic heterocycles. The number of halogens is 3. The third kappa shape index (κ3) is 5.01. The van der Waals surface area contributed by atoms with E-state index in [4.69, 9.17) is 9.78 Å². The van der Waals surface area contributed by atoms with Crippen LogP contribution < -0.4 is 17.3 Å². The van der Waals surface area contributed by atoms with Crippen molar-refractivity contribution < 1.29 is 35.5 Å². The van der Waals surface area contributed by atoms with E-state index in [1.54, 1.807) is 6.07 Å². The smallest absolute Gasteiger partial charge is 0.183 e. The molecule has 0 aromatic heterocycles. The summed E-state index contributed by atoms with van der Waals surface area (Å²) < 4.78 is 29.4. The molecule has 2 heterocycles. The maximum absolute atomic E-state index is 13.7. The van der Waals surface area contributed by atoms with Crippen molar-refractivity contribution in [3.05, 3.63) is 64.2 Å². The third-order valence-corrected chi connectivity index (χ3v) is 5.87. The summed E-state index contributed by atoms with van der Waals surface area (Å²) in [5.41, 5.74) is 5.69. The van der Waals surface area contributed by atoms with Crippen molar-refractivity contribution >= 4 is 5.71 Å². The molecule has 0 unspecified atom stereocenters. The molecule has 0 bridgehead atoms. The van der Waals surface area contributed by atoms with Gasteiger partial charge in [0.1, 0.15) is 13.2 Å². The zero-order valence-corrected chi connectivity index (χ0v) is 18.1. The molecular weight excluding hydrogens is 408 g/mol. The van der Waals surface area contributed by atoms with Gasteiger partial charge < -0.3 is 17.3 Å². The molecule has 0 amide bonds. The average Bonchev–Trinajstić information content (AvgIpc) is 3.17. The van der Waals surface area contributed by atoms with Gasteiger partial charge >= 0.3 is 0 Å². The summed E-state index contributed by atoms with van der Waals surface area (Å²) in [5, 5.41) is 0. The second-order valence-corrected chi connectivity index (χ2v) is 7.99. The van der Waals surface area contributed by atoms with Gasteiger partial charge in [0.2, 0.25) is 0 Å². The van der Waals surface area contributed by atoms with E-state index < -0.39 is 11.6 Å². The largest absolute Gasteiger partial charge is 1.00 e. The predicted molar refractivity (Wildman–Crippen MR) is 108 cm³/mol. The zero-order valence-electron chi connectivity index (χ0n) is 17.4. The highest BCUT2D eigenvalue weighted by molar-refractivity contribution is 5.99. The molecule has 2 aromatic carbocycles. The Balaban J connectivity index is 0.00000256. The first kappa shape index (κ1) is 22.7. The van der Waals surface area contributed by atoms with E-state index in [0.717, 1.165) is 42.7 Å². The first-order valence-corrected chi connectivity index (χ1v) is 10.7. The molecule has 2 aromatic rings. The SMILES string of the molecule is CCCCCCCC1=[N+](Cc2ccc(F)c(F)c2)CCc2cc3c(cc21)COO3.[Cl-]. The third-order valence-electron chi connectivity index (χ3n) is 5.87. The Morgan fingerprint density at radius 1 is 0.967 bits per heavy atom. The lowest BCUT2D eigenvalue weighted by molar-refractivity contribution is -0.545. The molecule has 6 heteroatoms. The number of benzene rings is 2. The normalized spacial score (nSPS) is 14.8. The van der Waals surface area contributed by atoms with Crippen LogP contribution in [0.1, 0.15) is 67.7 Å². The minimum Gasteiger partial charge on any atom is -1.00 e. The summed E-state index contributed by atoms with van der Waals surface area (Å²) in [6.07, 6.45) is 7.98. The van der Waals surface area contributed by atoms with Crippen molar-refractivity contribution in [3.63, 3.8) is 0 Å². The van der Waals surface area contributed by atoms with Crippen molar-refractivity contribution in [2.45, 2.75) is 65.0 Å². The Morgan fingerprint density at radius 3 is 2.60 bits per heavy atom. The zero-order chi connectivity index (χ0) is 20.2. The minimum absolute atomic E-state index is 0. The van der Waals surface area contributed by atoms with E-state index in [1.807, 2.05) is 0 Å². The molecule has 0 radical (unpaired) electrons. The quantitative estimate of drug-likeness (QED) is 0.361. The van der Waals surface area contributed by atoms with E-state index >= 15 is 0 Å². The first-order chi connectivity index (χ1) is 14.2. The van der Waals surface area contributed by atoms with Crippen LogP contribution in [0.3, 0.4) is 0 Å². The van der Waals surface area contributed by atoms with Gasteiger partial charge in [0.05, 0.1) is 0 Å². The molecule has 3 nitrogen and oxygen atoms in total. The second kappa shape index (κ2) is 10.4. The van der Waals surface area contributed by atoms with Gasteiger partial charge in [0.15, 0.2) is 29.6 Å². The van der Waals surface area contributed by atoms with Crippen LogP contribution in [0.5, 0.6) is 5.75 Å². The van der Waals surface area contributed by atoms with Crippen LogP contribution in [0.15, 0.2) is 30.3 Å². The summed E-state index contributed by atoms with van der Waals surface area (Å²) in [5.74, 6) is -0.762. The summed E-state index contributed by atoms with van der Waals surface area (Å²) in [6.45, 7) is 4.14. The molecule has 0 atom stereocenters. The Morgan fingerprint density at radius 2 is 1.80 bits per heavy atom. The topological polar surface area (TPSA) is 21.5 Å². The van der Waals surface area contributed by atoms with Gasteiger partial charge in [-0.2, -0.15) is 4.89 Å². The molecule has 0 fully saturated rings. The predicted octanol–water partition coefficient (Wildman–Crippen LogP) is 2.71. The van der Waals surface area contributed by atoms with Crippen LogP contribution in [-0.4, -0.2) is 16.8 Å². The van der Waals surface area contributed by atoms with Crippen molar-refractivity contribution in [3.8, 4) is 5.75 Å². The Labute approximate surface area is 183 Å². The van der Waals surface area contributed by atoms with E-state index in [0.29, 0.717) is 13.2 Å². The van der Waals surface area contributed by atoms with Crippen LogP contribution in [-0.2, 0) is 24.5 Å². The molecule has 0 saturated carbocycles. The summed E-state index contributed by atoms with van der Waals surface area (Å²) in [6, 6.07) is 8.50. The number of hydrogen-bond acceptors (Lipinski definition) is 2. The molecule has 0 N–H and O–H groups in total. The van der Waals surface area contributed by atoms with Gasteiger partial charge in [-0.15, -0.1) is 0 Å². The van der Waals surface area contributed by atoms with E-state index in [1.165, 1.54) is 54.7 Å². The van der Waals surface area contributed by atoms with E-state index in [9.17, 15) is 8.78 Å². The Hall–Kier alpha value is -1.98. The molecule has 0 saturated heterocycles. The van der Waals surface area contributed by atoms with E-state index in [2.05, 4.69) is 23.6 Å². The minimum atomic E-state index is -0.798. The fourth-order valence-electron chi connectivity index (χ4n) is 4.27. The van der Waals surface area contributed by atoms with Gasteiger partial charge in [-0.25, -0.2) is 13.4 Å². The highest BCUT2D eigenvalue weighted by atomic mass is 35.5. The van der Waals surface area contributed by atoms with Gasteiger partial charge in [-0.3, -0.25) is 0 Å². The number of rotatable bonds is 8. The van der Waals surface area contributed by atoms with Gasteiger partial charge in [-0.1, -0.05) is 32.6 Å². The fourth-order valence-corrected chi connectivity index (χ4v) is 4.27. The van der Waals surface area contributed by atoms with Crippen LogP contribution >= 0.6 is 0 Å². The maximum Gasteiger partial charge on any atom is 0.183 e. The standard InChI is InChI=1S/C24H28F2NO2.ClH/c1-2-3-4-5-6-7-23-20-13-19-16-28-29-24(19)14-18(20)10-11-27(23)15-17-8-9-21(25)22(26)12-17;/h8-9,12-14H,2-7,10-11,15-16H2,1H3;1H/q+1;/p-1. The molecule has 162 valence electrons. The Bertz CT molecular complexity index is 930. The summed E-state index contributed by atoms with van der Waals surface area (Å²) in [4.78, 5) is 10.4. The molecule has 2 aliphatic rings. The van der Waals surface area contributed by atoms with Crippen molar-refractivity contribution in [1.82, 2.24) is 0 Å². The lowest BCUT2D eigenvalue weighted by Gasteiger charge is -2.20. The van der Waals surface area contributed by atoms with Crippen LogP contribution in [0.4, 0.5) is 8.78 Å². The van der Waals surface area contributed by atoms with Crippen LogP contribution in [0.2, 0.25) is 0 Å². The molecule has 0 spiro atoms. The van der Waals surface area contributed by atoms with E-state index in [-0.39, 0.29) is 12.4 Å². The van der Waals surface area contributed by atoms with Crippen molar-refractivity contribution in [2.75, 3.05) is 6.54 Å². The molecule has 0 aliphatic carbocycles. The number of hydrogen-bond donors (Lipinski definition) is 0. The molecular formula is C24H28ClF2NO2. The highest BCUT2D eigenvalue weighted by Crippen LogP contribution is 2.32. The number of unbranched alkanes of at least 4 members (excludes halogenated alkanes) is 4. The van der Waals surface area contributed by atoms with Crippen molar-refractivity contribution in [2.24, 2.45) is 0 Å². The molecule has 4 rings (SSSR count). The van der Waals surface area contributed by atoms with Gasteiger partial charge in [-0.05, 0) is 42.3 Å². The van der Waals surface area contributed by atoms with Crippen LogP contribution in [0.25, 0.3) is 0 Å². The summed E-state index contributed by atoms with van der Waals surface area (Å²) in [7, 11) is 0. The number of nitrogens with zero attached hydrogens (tertiary/aromatic N) is 1. The monoisotopic (exact) mass is 435 g/mol. The Kier molecular flexibility index (Phi) is 7.84. The van der Waals surface area contributed by atoms with Gasteiger partial charge in [0.25, 0.3) is 0 Å².